The normalized spacial score (nSPS) is 10.1. The number of anilines is 3. The lowest BCUT2D eigenvalue weighted by Gasteiger charge is -2.11. The number of hydrogen-bond donors (Lipinski definition) is 4. The molecule has 3 aromatic rings. The van der Waals surface area contributed by atoms with E-state index in [-0.39, 0.29) is 24.8 Å². The molecule has 0 radical (unpaired) electrons. The molecular formula is C16H17ClN4O2. The number of aliphatic hydroxyl groups is 1. The third-order valence-corrected chi connectivity index (χ3v) is 3.11. The highest BCUT2D eigenvalue weighted by Crippen LogP contribution is 2.24. The molecule has 0 aliphatic rings. The molecule has 0 aliphatic heterocycles. The smallest absolute Gasteiger partial charge is 0.229 e. The van der Waals surface area contributed by atoms with Gasteiger partial charge in [-0.2, -0.15) is 4.98 Å². The number of fused-ring (bicyclic) bond motifs is 1. The molecular weight excluding hydrogens is 316 g/mol. The number of hydrogen-bond acceptors (Lipinski definition) is 6. The predicted octanol–water partition coefficient (Wildman–Crippen LogP) is 2.91. The Hall–Kier alpha value is -2.57. The molecule has 3 rings (SSSR count). The van der Waals surface area contributed by atoms with Crippen molar-refractivity contribution in [3.63, 3.8) is 0 Å². The standard InChI is InChI=1S/C16H16N4O2.ClH/c21-9-8-17-15-13-6-1-2-7-14(13)19-16(20-15)18-11-4-3-5-12(22)10-11;/h1-7,10,21-22H,8-9H2,(H2,17,18,19,20);1H. The fourth-order valence-corrected chi connectivity index (χ4v) is 2.15. The van der Waals surface area contributed by atoms with Gasteiger partial charge in [0, 0.05) is 23.7 Å². The molecule has 4 N–H and O–H groups in total. The van der Waals surface area contributed by atoms with E-state index in [1.54, 1.807) is 18.2 Å². The van der Waals surface area contributed by atoms with Crippen molar-refractivity contribution in [2.45, 2.75) is 0 Å². The molecule has 0 saturated heterocycles. The second-order valence-corrected chi connectivity index (χ2v) is 4.74. The Balaban J connectivity index is 0.00000192. The van der Waals surface area contributed by atoms with Gasteiger partial charge in [0.05, 0.1) is 12.1 Å². The monoisotopic (exact) mass is 332 g/mol. The van der Waals surface area contributed by atoms with Crippen LogP contribution in [-0.2, 0) is 0 Å². The van der Waals surface area contributed by atoms with Crippen LogP contribution in [0.2, 0.25) is 0 Å². The Kier molecular flexibility index (Phi) is 5.56. The first-order valence-electron chi connectivity index (χ1n) is 6.94. The largest absolute Gasteiger partial charge is 0.508 e. The van der Waals surface area contributed by atoms with Crippen LogP contribution in [0.1, 0.15) is 0 Å². The predicted molar refractivity (Wildman–Crippen MR) is 93.8 cm³/mol. The zero-order valence-corrected chi connectivity index (χ0v) is 13.0. The van der Waals surface area contributed by atoms with Gasteiger partial charge in [-0.15, -0.1) is 12.4 Å². The van der Waals surface area contributed by atoms with Crippen LogP contribution in [0.3, 0.4) is 0 Å². The summed E-state index contributed by atoms with van der Waals surface area (Å²) in [5, 5.41) is 25.5. The van der Waals surface area contributed by atoms with E-state index in [1.807, 2.05) is 30.3 Å². The number of aliphatic hydroxyl groups excluding tert-OH is 1. The highest BCUT2D eigenvalue weighted by atomic mass is 35.5. The maximum Gasteiger partial charge on any atom is 0.229 e. The van der Waals surface area contributed by atoms with E-state index in [0.29, 0.717) is 24.0 Å². The van der Waals surface area contributed by atoms with E-state index in [0.717, 1.165) is 10.9 Å². The Morgan fingerprint density at radius 3 is 2.61 bits per heavy atom. The average molecular weight is 333 g/mol. The molecule has 0 saturated carbocycles. The molecule has 0 aliphatic carbocycles. The summed E-state index contributed by atoms with van der Waals surface area (Å²) in [6.45, 7) is 0.431. The maximum absolute atomic E-state index is 9.51. The van der Waals surface area contributed by atoms with Crippen molar-refractivity contribution in [3.05, 3.63) is 48.5 Å². The molecule has 0 unspecified atom stereocenters. The Bertz CT molecular complexity index is 798. The van der Waals surface area contributed by atoms with Crippen molar-refractivity contribution in [2.24, 2.45) is 0 Å². The minimum Gasteiger partial charge on any atom is -0.508 e. The molecule has 0 spiro atoms. The summed E-state index contributed by atoms with van der Waals surface area (Å²) < 4.78 is 0. The van der Waals surface area contributed by atoms with E-state index in [2.05, 4.69) is 20.6 Å². The van der Waals surface area contributed by atoms with Crippen molar-refractivity contribution < 1.29 is 10.2 Å². The van der Waals surface area contributed by atoms with E-state index in [9.17, 15) is 5.11 Å². The summed E-state index contributed by atoms with van der Waals surface area (Å²) in [4.78, 5) is 8.90. The number of nitrogens with one attached hydrogen (secondary N) is 2. The van der Waals surface area contributed by atoms with Gasteiger partial charge >= 0.3 is 0 Å². The molecule has 6 nitrogen and oxygen atoms in total. The van der Waals surface area contributed by atoms with Gasteiger partial charge < -0.3 is 20.8 Å². The molecule has 1 heterocycles. The number of phenols is 1. The van der Waals surface area contributed by atoms with Crippen molar-refractivity contribution >= 4 is 40.8 Å². The Labute approximate surface area is 139 Å². The highest BCUT2D eigenvalue weighted by molar-refractivity contribution is 5.90. The number of nitrogens with zero attached hydrogens (tertiary/aromatic N) is 2. The van der Waals surface area contributed by atoms with Gasteiger partial charge in [-0.05, 0) is 24.3 Å². The quantitative estimate of drug-likeness (QED) is 0.574. The average Bonchev–Trinajstić information content (AvgIpc) is 2.52. The first kappa shape index (κ1) is 16.8. The molecule has 7 heteroatoms. The fraction of sp³-hybridized carbons (Fsp3) is 0.125. The van der Waals surface area contributed by atoms with Crippen LogP contribution in [0.25, 0.3) is 10.9 Å². The molecule has 0 atom stereocenters. The Morgan fingerprint density at radius 1 is 1.00 bits per heavy atom. The summed E-state index contributed by atoms with van der Waals surface area (Å²) in [5.41, 5.74) is 1.49. The third kappa shape index (κ3) is 4.00. The molecule has 1 aromatic heterocycles. The Morgan fingerprint density at radius 2 is 1.83 bits per heavy atom. The van der Waals surface area contributed by atoms with Crippen molar-refractivity contribution in [1.82, 2.24) is 9.97 Å². The molecule has 0 amide bonds. The lowest BCUT2D eigenvalue weighted by atomic mass is 10.2. The van der Waals surface area contributed by atoms with Gasteiger partial charge in [0.25, 0.3) is 0 Å². The second-order valence-electron chi connectivity index (χ2n) is 4.74. The second kappa shape index (κ2) is 7.62. The molecule has 2 aromatic carbocycles. The summed E-state index contributed by atoms with van der Waals surface area (Å²) >= 11 is 0. The van der Waals surface area contributed by atoms with Crippen molar-refractivity contribution in [1.29, 1.82) is 0 Å². The fourth-order valence-electron chi connectivity index (χ4n) is 2.15. The SMILES string of the molecule is Cl.OCCNc1nc(Nc2cccc(O)c2)nc2ccccc12. The van der Waals surface area contributed by atoms with Crippen LogP contribution >= 0.6 is 12.4 Å². The number of rotatable bonds is 5. The van der Waals surface area contributed by atoms with Crippen LogP contribution in [-0.4, -0.2) is 33.3 Å². The number of halogens is 1. The van der Waals surface area contributed by atoms with Crippen LogP contribution in [0, 0.1) is 0 Å². The van der Waals surface area contributed by atoms with E-state index in [1.165, 1.54) is 0 Å². The lowest BCUT2D eigenvalue weighted by molar-refractivity contribution is 0.311. The van der Waals surface area contributed by atoms with E-state index < -0.39 is 0 Å². The van der Waals surface area contributed by atoms with Gasteiger partial charge in [0.15, 0.2) is 0 Å². The van der Waals surface area contributed by atoms with Gasteiger partial charge in [-0.25, -0.2) is 4.98 Å². The number of phenolic OH excluding ortho intramolecular Hbond substituents is 1. The summed E-state index contributed by atoms with van der Waals surface area (Å²) in [7, 11) is 0. The third-order valence-electron chi connectivity index (χ3n) is 3.11. The first-order valence-corrected chi connectivity index (χ1v) is 6.94. The number of aromatic nitrogens is 2. The molecule has 0 bridgehead atoms. The van der Waals surface area contributed by atoms with Gasteiger partial charge in [-0.3, -0.25) is 0 Å². The van der Waals surface area contributed by atoms with Crippen molar-refractivity contribution in [3.8, 4) is 5.75 Å². The minimum atomic E-state index is 0. The lowest BCUT2D eigenvalue weighted by Crippen LogP contribution is -2.09. The summed E-state index contributed by atoms with van der Waals surface area (Å²) in [6, 6.07) is 14.4. The minimum absolute atomic E-state index is 0. The van der Waals surface area contributed by atoms with Crippen LogP contribution in [0.15, 0.2) is 48.5 Å². The van der Waals surface area contributed by atoms with Gasteiger partial charge in [0.1, 0.15) is 11.6 Å². The van der Waals surface area contributed by atoms with E-state index >= 15 is 0 Å². The van der Waals surface area contributed by atoms with Crippen LogP contribution < -0.4 is 10.6 Å². The highest BCUT2D eigenvalue weighted by Gasteiger charge is 2.07. The number of benzene rings is 2. The number of para-hydroxylation sites is 1. The van der Waals surface area contributed by atoms with Crippen LogP contribution in [0.5, 0.6) is 5.75 Å². The van der Waals surface area contributed by atoms with E-state index in [4.69, 9.17) is 5.11 Å². The first-order chi connectivity index (χ1) is 10.8. The molecule has 120 valence electrons. The summed E-state index contributed by atoms with van der Waals surface area (Å²) in [5.74, 6) is 1.25. The van der Waals surface area contributed by atoms with Gasteiger partial charge in [-0.1, -0.05) is 18.2 Å². The van der Waals surface area contributed by atoms with Gasteiger partial charge in [0.2, 0.25) is 5.95 Å². The van der Waals surface area contributed by atoms with Crippen LogP contribution in [0.4, 0.5) is 17.5 Å². The summed E-state index contributed by atoms with van der Waals surface area (Å²) in [6.07, 6.45) is 0. The zero-order chi connectivity index (χ0) is 15.4. The number of aromatic hydroxyl groups is 1. The molecule has 0 fully saturated rings. The topological polar surface area (TPSA) is 90.3 Å². The van der Waals surface area contributed by atoms with Crippen molar-refractivity contribution in [2.75, 3.05) is 23.8 Å². The zero-order valence-electron chi connectivity index (χ0n) is 12.2. The molecule has 23 heavy (non-hydrogen) atoms. The maximum atomic E-state index is 9.51.